The fraction of sp³-hybridized carbons (Fsp3) is 0.238. The highest BCUT2D eigenvalue weighted by Crippen LogP contribution is 2.16. The van der Waals surface area contributed by atoms with E-state index in [0.29, 0.717) is 24.2 Å². The van der Waals surface area contributed by atoms with Gasteiger partial charge in [0.25, 0.3) is 0 Å². The van der Waals surface area contributed by atoms with E-state index in [1.165, 1.54) is 28.6 Å². The van der Waals surface area contributed by atoms with Crippen LogP contribution in [0.2, 0.25) is 0 Å². The van der Waals surface area contributed by atoms with Gasteiger partial charge in [-0.1, -0.05) is 56.3 Å². The lowest BCUT2D eigenvalue weighted by atomic mass is 10.1. The molecule has 28 heavy (non-hydrogen) atoms. The van der Waals surface area contributed by atoms with Gasteiger partial charge in [-0.05, 0) is 23.8 Å². The Balaban J connectivity index is 1.95. The molecule has 0 aliphatic heterocycles. The molecule has 0 atom stereocenters. The summed E-state index contributed by atoms with van der Waals surface area (Å²) in [5, 5.41) is 0. The van der Waals surface area contributed by atoms with Gasteiger partial charge in [-0.3, -0.25) is 4.79 Å². The van der Waals surface area contributed by atoms with Crippen LogP contribution in [-0.4, -0.2) is 44.2 Å². The Kier molecular flexibility index (Phi) is 7.66. The molecule has 7 heteroatoms. The molecule has 0 saturated heterocycles. The van der Waals surface area contributed by atoms with Crippen LogP contribution in [-0.2, 0) is 19.6 Å². The van der Waals surface area contributed by atoms with Crippen LogP contribution in [0.1, 0.15) is 29.8 Å². The minimum absolute atomic E-state index is 0.199. The molecule has 2 rings (SSSR count). The van der Waals surface area contributed by atoms with Crippen molar-refractivity contribution in [2.75, 3.05) is 19.7 Å². The number of Topliss-reactive ketones (excluding diaryl/α,β-unsaturated/α-hetero) is 1. The average Bonchev–Trinajstić information content (AvgIpc) is 2.72. The van der Waals surface area contributed by atoms with E-state index in [4.69, 9.17) is 4.74 Å². The van der Waals surface area contributed by atoms with Crippen LogP contribution >= 0.6 is 0 Å². The number of esters is 1. The molecule has 0 unspecified atom stereocenters. The average molecular weight is 401 g/mol. The quantitative estimate of drug-likeness (QED) is 0.366. The van der Waals surface area contributed by atoms with Crippen molar-refractivity contribution in [3.05, 3.63) is 71.8 Å². The maximum Gasteiger partial charge on any atom is 0.331 e. The Morgan fingerprint density at radius 2 is 1.57 bits per heavy atom. The zero-order valence-corrected chi connectivity index (χ0v) is 16.7. The smallest absolute Gasteiger partial charge is 0.331 e. The number of ketones is 1. The summed E-state index contributed by atoms with van der Waals surface area (Å²) in [6, 6.07) is 14.8. The number of carbonyl (C=O) groups excluding carboxylic acids is 2. The Bertz CT molecular complexity index is 931. The first kappa shape index (κ1) is 21.5. The third kappa shape index (κ3) is 5.61. The summed E-state index contributed by atoms with van der Waals surface area (Å²) < 4.78 is 31.2. The molecule has 0 aromatic heterocycles. The third-order valence-electron chi connectivity index (χ3n) is 4.08. The predicted octanol–water partition coefficient (Wildman–Crippen LogP) is 3.16. The molecule has 0 fully saturated rings. The second-order valence-corrected chi connectivity index (χ2v) is 7.83. The standard InChI is InChI=1S/C21H23NO5S/c1-3-22(4-2)28(25,26)19-13-10-17(11-14-19)12-15-21(24)27-16-20(23)18-8-6-5-7-9-18/h5-15H,3-4,16H2,1-2H3/b15-12+. The molecule has 0 amide bonds. The maximum absolute atomic E-state index is 12.4. The normalized spacial score (nSPS) is 11.7. The van der Waals surface area contributed by atoms with Gasteiger partial charge in [0.15, 0.2) is 12.4 Å². The van der Waals surface area contributed by atoms with E-state index in [1.54, 1.807) is 56.3 Å². The van der Waals surface area contributed by atoms with E-state index in [2.05, 4.69) is 0 Å². The highest BCUT2D eigenvalue weighted by atomic mass is 32.2. The van der Waals surface area contributed by atoms with E-state index < -0.39 is 16.0 Å². The van der Waals surface area contributed by atoms with Crippen molar-refractivity contribution in [1.82, 2.24) is 4.31 Å². The second-order valence-electron chi connectivity index (χ2n) is 5.89. The summed E-state index contributed by atoms with van der Waals surface area (Å²) in [5.41, 5.74) is 1.12. The van der Waals surface area contributed by atoms with Crippen molar-refractivity contribution in [2.45, 2.75) is 18.7 Å². The molecule has 0 saturated carbocycles. The lowest BCUT2D eigenvalue weighted by Gasteiger charge is -2.18. The number of sulfonamides is 1. The molecular formula is C21H23NO5S. The SMILES string of the molecule is CCN(CC)S(=O)(=O)c1ccc(/C=C/C(=O)OCC(=O)c2ccccc2)cc1. The zero-order valence-electron chi connectivity index (χ0n) is 15.9. The Hall–Kier alpha value is -2.77. The van der Waals surface area contributed by atoms with Crippen molar-refractivity contribution < 1.29 is 22.7 Å². The molecular weight excluding hydrogens is 378 g/mol. The summed E-state index contributed by atoms with van der Waals surface area (Å²) in [6.07, 6.45) is 2.70. The van der Waals surface area contributed by atoms with E-state index in [1.807, 2.05) is 0 Å². The number of benzene rings is 2. The van der Waals surface area contributed by atoms with Gasteiger partial charge in [-0.25, -0.2) is 13.2 Å². The fourth-order valence-corrected chi connectivity index (χ4v) is 3.98. The van der Waals surface area contributed by atoms with Gasteiger partial charge in [-0.2, -0.15) is 4.31 Å². The molecule has 0 aliphatic carbocycles. The molecule has 148 valence electrons. The van der Waals surface area contributed by atoms with Crippen molar-refractivity contribution in [3.8, 4) is 0 Å². The molecule has 2 aromatic rings. The minimum atomic E-state index is -3.51. The topological polar surface area (TPSA) is 80.8 Å². The molecule has 0 N–H and O–H groups in total. The number of nitrogens with zero attached hydrogens (tertiary/aromatic N) is 1. The van der Waals surface area contributed by atoms with Crippen LogP contribution < -0.4 is 0 Å². The van der Waals surface area contributed by atoms with Crippen LogP contribution in [0.15, 0.2) is 65.6 Å². The summed E-state index contributed by atoms with van der Waals surface area (Å²) in [6.45, 7) is 4.02. The number of hydrogen-bond donors (Lipinski definition) is 0. The third-order valence-corrected chi connectivity index (χ3v) is 6.14. The van der Waals surface area contributed by atoms with Gasteiger partial charge in [0, 0.05) is 24.7 Å². The monoisotopic (exact) mass is 401 g/mol. The largest absolute Gasteiger partial charge is 0.454 e. The summed E-state index contributed by atoms with van der Waals surface area (Å²) in [7, 11) is -3.51. The van der Waals surface area contributed by atoms with Crippen molar-refractivity contribution in [1.29, 1.82) is 0 Å². The van der Waals surface area contributed by atoms with Gasteiger partial charge < -0.3 is 4.74 Å². The van der Waals surface area contributed by atoms with Crippen LogP contribution in [0.25, 0.3) is 6.08 Å². The first-order valence-corrected chi connectivity index (χ1v) is 10.4. The Morgan fingerprint density at radius 1 is 0.964 bits per heavy atom. The second kappa shape index (κ2) is 9.96. The number of ether oxygens (including phenoxy) is 1. The number of carbonyl (C=O) groups is 2. The molecule has 2 aromatic carbocycles. The van der Waals surface area contributed by atoms with Crippen molar-refractivity contribution in [2.24, 2.45) is 0 Å². The molecule has 6 nitrogen and oxygen atoms in total. The van der Waals surface area contributed by atoms with Gasteiger partial charge in [0.1, 0.15) is 0 Å². The van der Waals surface area contributed by atoms with Gasteiger partial charge in [0.2, 0.25) is 10.0 Å². The highest BCUT2D eigenvalue weighted by Gasteiger charge is 2.20. The van der Waals surface area contributed by atoms with Gasteiger partial charge in [0.05, 0.1) is 4.90 Å². The first-order valence-electron chi connectivity index (χ1n) is 8.91. The lowest BCUT2D eigenvalue weighted by Crippen LogP contribution is -2.30. The summed E-state index contributed by atoms with van der Waals surface area (Å²) in [4.78, 5) is 23.9. The van der Waals surface area contributed by atoms with Crippen LogP contribution in [0.4, 0.5) is 0 Å². The Morgan fingerprint density at radius 3 is 2.14 bits per heavy atom. The van der Waals surface area contributed by atoms with Gasteiger partial charge >= 0.3 is 5.97 Å². The van der Waals surface area contributed by atoms with Crippen molar-refractivity contribution in [3.63, 3.8) is 0 Å². The minimum Gasteiger partial charge on any atom is -0.454 e. The zero-order chi connectivity index (χ0) is 20.6. The summed E-state index contributed by atoms with van der Waals surface area (Å²) >= 11 is 0. The number of rotatable bonds is 9. The molecule has 0 aliphatic rings. The van der Waals surface area contributed by atoms with Crippen LogP contribution in [0.3, 0.4) is 0 Å². The first-order chi connectivity index (χ1) is 13.4. The van der Waals surface area contributed by atoms with E-state index in [0.717, 1.165) is 0 Å². The van der Waals surface area contributed by atoms with Crippen LogP contribution in [0.5, 0.6) is 0 Å². The van der Waals surface area contributed by atoms with E-state index >= 15 is 0 Å². The predicted molar refractivity (Wildman–Crippen MR) is 107 cm³/mol. The Labute approximate surface area is 165 Å². The fourth-order valence-electron chi connectivity index (χ4n) is 2.52. The van der Waals surface area contributed by atoms with Crippen molar-refractivity contribution >= 4 is 27.9 Å². The van der Waals surface area contributed by atoms with Gasteiger partial charge in [-0.15, -0.1) is 0 Å². The maximum atomic E-state index is 12.4. The molecule has 0 radical (unpaired) electrons. The summed E-state index contributed by atoms with van der Waals surface area (Å²) in [5.74, 6) is -0.933. The molecule has 0 spiro atoms. The van der Waals surface area contributed by atoms with E-state index in [-0.39, 0.29) is 17.3 Å². The molecule has 0 heterocycles. The number of hydrogen-bond acceptors (Lipinski definition) is 5. The molecule has 0 bridgehead atoms. The highest BCUT2D eigenvalue weighted by molar-refractivity contribution is 7.89. The van der Waals surface area contributed by atoms with Crippen LogP contribution in [0, 0.1) is 0 Å². The van der Waals surface area contributed by atoms with E-state index in [9.17, 15) is 18.0 Å². The lowest BCUT2D eigenvalue weighted by molar-refractivity contribution is -0.136.